The number of carbonyl (C=O) groups is 2. The number of anilines is 1. The molecule has 0 aliphatic rings. The van der Waals surface area contributed by atoms with Crippen molar-refractivity contribution in [3.8, 4) is 22.8 Å². The van der Waals surface area contributed by atoms with Crippen LogP contribution in [0.25, 0.3) is 17.1 Å². The van der Waals surface area contributed by atoms with Crippen LogP contribution in [0.4, 0.5) is 19.1 Å². The Morgan fingerprint density at radius 3 is 2.16 bits per heavy atom. The fraction of sp³-hybridized carbons (Fsp3) is 0.250. The van der Waals surface area contributed by atoms with E-state index in [4.69, 9.17) is 4.74 Å². The Labute approximate surface area is 175 Å². The van der Waals surface area contributed by atoms with Gasteiger partial charge in [-0.3, -0.25) is 9.59 Å². The van der Waals surface area contributed by atoms with E-state index in [1.807, 2.05) is 0 Å². The number of aryl methyl sites for hydroxylation is 1. The number of hydrogen-bond acceptors (Lipinski definition) is 6. The molecule has 0 unspecified atom stereocenters. The Morgan fingerprint density at radius 1 is 1.03 bits per heavy atom. The van der Waals surface area contributed by atoms with Crippen LogP contribution in [0.3, 0.4) is 0 Å². The first-order chi connectivity index (χ1) is 14.5. The summed E-state index contributed by atoms with van der Waals surface area (Å²) in [6, 6.07) is 8.54. The number of alkyl halides is 3. The number of imide groups is 1. The molecule has 0 saturated carbocycles. The molecule has 0 spiro atoms. The Bertz CT molecular complexity index is 1130. The molecule has 0 aliphatic carbocycles. The predicted molar refractivity (Wildman–Crippen MR) is 105 cm³/mol. The summed E-state index contributed by atoms with van der Waals surface area (Å²) >= 11 is 0. The smallest absolute Gasteiger partial charge is 0.433 e. The van der Waals surface area contributed by atoms with E-state index in [0.717, 1.165) is 19.9 Å². The van der Waals surface area contributed by atoms with Crippen LogP contribution in [0.5, 0.6) is 5.75 Å². The molecule has 11 heteroatoms. The van der Waals surface area contributed by atoms with Gasteiger partial charge in [0.25, 0.3) is 0 Å². The lowest BCUT2D eigenvalue weighted by Gasteiger charge is -2.17. The molecule has 2 aromatic heterocycles. The molecule has 8 nitrogen and oxygen atoms in total. The minimum absolute atomic E-state index is 0.0581. The van der Waals surface area contributed by atoms with Gasteiger partial charge in [-0.2, -0.15) is 23.3 Å². The van der Waals surface area contributed by atoms with Crippen LogP contribution in [-0.2, 0) is 15.8 Å². The lowest BCUT2D eigenvalue weighted by atomic mass is 10.1. The van der Waals surface area contributed by atoms with Crippen molar-refractivity contribution in [2.24, 2.45) is 0 Å². The quantitative estimate of drug-likeness (QED) is 0.625. The Kier molecular flexibility index (Phi) is 5.78. The number of amides is 2. The third-order valence-corrected chi connectivity index (χ3v) is 4.26. The molecule has 0 bridgehead atoms. The minimum atomic E-state index is -4.74. The molecule has 162 valence electrons. The van der Waals surface area contributed by atoms with Crippen LogP contribution < -0.4 is 9.64 Å². The summed E-state index contributed by atoms with van der Waals surface area (Å²) in [5.41, 5.74) is -0.324. The third-order valence-electron chi connectivity index (χ3n) is 4.26. The monoisotopic (exact) mass is 433 g/mol. The van der Waals surface area contributed by atoms with E-state index in [1.54, 1.807) is 24.3 Å². The van der Waals surface area contributed by atoms with E-state index in [9.17, 15) is 22.8 Å². The maximum absolute atomic E-state index is 13.8. The van der Waals surface area contributed by atoms with Gasteiger partial charge in [0, 0.05) is 31.2 Å². The molecule has 0 radical (unpaired) electrons. The molecule has 0 aliphatic heterocycles. The fourth-order valence-electron chi connectivity index (χ4n) is 2.91. The minimum Gasteiger partial charge on any atom is -0.497 e. The first-order valence-electron chi connectivity index (χ1n) is 9.00. The van der Waals surface area contributed by atoms with E-state index < -0.39 is 23.7 Å². The second-order valence-electron chi connectivity index (χ2n) is 6.59. The largest absolute Gasteiger partial charge is 0.497 e. The van der Waals surface area contributed by atoms with Crippen molar-refractivity contribution in [1.29, 1.82) is 0 Å². The Morgan fingerprint density at radius 2 is 1.65 bits per heavy atom. The van der Waals surface area contributed by atoms with Gasteiger partial charge >= 0.3 is 6.18 Å². The summed E-state index contributed by atoms with van der Waals surface area (Å²) < 4.78 is 46.9. The van der Waals surface area contributed by atoms with Crippen molar-refractivity contribution >= 4 is 17.8 Å². The second kappa shape index (κ2) is 8.17. The number of carbonyl (C=O) groups excluding carboxylic acids is 2. The number of methoxy groups -OCH3 is 1. The second-order valence-corrected chi connectivity index (χ2v) is 6.59. The Hall–Kier alpha value is -3.76. The molecule has 3 aromatic rings. The van der Waals surface area contributed by atoms with Gasteiger partial charge in [0.2, 0.25) is 17.8 Å². The van der Waals surface area contributed by atoms with Crippen LogP contribution in [0.1, 0.15) is 25.2 Å². The van der Waals surface area contributed by atoms with Gasteiger partial charge < -0.3 is 4.74 Å². The third kappa shape index (κ3) is 4.55. The molecular weight excluding hydrogens is 415 g/mol. The zero-order valence-corrected chi connectivity index (χ0v) is 17.1. The Balaban J connectivity index is 2.18. The van der Waals surface area contributed by atoms with E-state index >= 15 is 0 Å². The number of ether oxygens (including phenoxy) is 1. The van der Waals surface area contributed by atoms with Crippen LogP contribution in [0.2, 0.25) is 0 Å². The average Bonchev–Trinajstić information content (AvgIpc) is 3.13. The van der Waals surface area contributed by atoms with Crippen LogP contribution >= 0.6 is 0 Å². The maximum Gasteiger partial charge on any atom is 0.433 e. The average molecular weight is 433 g/mol. The summed E-state index contributed by atoms with van der Waals surface area (Å²) in [5, 5.41) is 4.08. The highest BCUT2D eigenvalue weighted by atomic mass is 19.4. The number of rotatable bonds is 4. The summed E-state index contributed by atoms with van der Waals surface area (Å²) in [6.45, 7) is 3.77. The molecule has 0 saturated heterocycles. The van der Waals surface area contributed by atoms with Crippen molar-refractivity contribution in [3.63, 3.8) is 0 Å². The molecule has 3 rings (SSSR count). The summed E-state index contributed by atoms with van der Waals surface area (Å²) in [7, 11) is 1.48. The van der Waals surface area contributed by atoms with Crippen molar-refractivity contribution in [2.75, 3.05) is 12.0 Å². The van der Waals surface area contributed by atoms with Crippen LogP contribution in [0, 0.1) is 6.92 Å². The molecule has 2 amide bonds. The van der Waals surface area contributed by atoms with Gasteiger partial charge in [-0.15, -0.1) is 0 Å². The zero-order valence-electron chi connectivity index (χ0n) is 17.1. The predicted octanol–water partition coefficient (Wildman–Crippen LogP) is 3.56. The molecule has 0 fully saturated rings. The highest BCUT2D eigenvalue weighted by Gasteiger charge is 2.37. The number of benzene rings is 1. The van der Waals surface area contributed by atoms with E-state index in [1.165, 1.54) is 20.1 Å². The zero-order chi connectivity index (χ0) is 22.9. The van der Waals surface area contributed by atoms with Crippen molar-refractivity contribution in [3.05, 3.63) is 47.8 Å². The normalized spacial score (nSPS) is 11.3. The molecule has 2 heterocycles. The fourth-order valence-corrected chi connectivity index (χ4v) is 2.91. The highest BCUT2D eigenvalue weighted by molar-refractivity contribution is 6.11. The lowest BCUT2D eigenvalue weighted by molar-refractivity contribution is -0.143. The van der Waals surface area contributed by atoms with Gasteiger partial charge in [0.15, 0.2) is 11.5 Å². The molecule has 0 atom stereocenters. The van der Waals surface area contributed by atoms with Gasteiger partial charge in [-0.1, -0.05) is 0 Å². The van der Waals surface area contributed by atoms with Crippen molar-refractivity contribution in [2.45, 2.75) is 26.9 Å². The van der Waals surface area contributed by atoms with Gasteiger partial charge in [-0.05, 0) is 37.3 Å². The topological polar surface area (TPSA) is 90.2 Å². The molecule has 0 N–H and O–H groups in total. The molecular formula is C20H18F3N5O3. The standard InChI is InChI=1S/C20H18F3N5O3/c1-11-9-18(25-19(24-11)27(12(2)29)13(3)30)28-17(20(21,22)23)10-16(26-28)14-5-7-15(31-4)8-6-14/h5-10H,1-4H3. The first kappa shape index (κ1) is 21.9. The number of halogens is 3. The van der Waals surface area contributed by atoms with E-state index in [0.29, 0.717) is 20.9 Å². The summed E-state index contributed by atoms with van der Waals surface area (Å²) in [5.74, 6) is -1.35. The van der Waals surface area contributed by atoms with Gasteiger partial charge in [0.1, 0.15) is 5.75 Å². The lowest BCUT2D eigenvalue weighted by Crippen LogP contribution is -2.35. The number of aromatic nitrogens is 4. The maximum atomic E-state index is 13.8. The van der Waals surface area contributed by atoms with Gasteiger partial charge in [0.05, 0.1) is 12.8 Å². The highest BCUT2D eigenvalue weighted by Crippen LogP contribution is 2.34. The summed E-state index contributed by atoms with van der Waals surface area (Å²) in [4.78, 5) is 32.4. The van der Waals surface area contributed by atoms with Crippen molar-refractivity contribution < 1.29 is 27.5 Å². The van der Waals surface area contributed by atoms with Gasteiger partial charge in [-0.25, -0.2) is 14.6 Å². The first-order valence-corrected chi connectivity index (χ1v) is 9.00. The van der Waals surface area contributed by atoms with Crippen LogP contribution in [0.15, 0.2) is 36.4 Å². The number of hydrogen-bond donors (Lipinski definition) is 0. The molecule has 31 heavy (non-hydrogen) atoms. The van der Waals surface area contributed by atoms with E-state index in [2.05, 4.69) is 15.1 Å². The SMILES string of the molecule is COc1ccc(-c2cc(C(F)(F)F)n(-c3cc(C)nc(N(C(C)=O)C(C)=O)n3)n2)cc1. The summed E-state index contributed by atoms with van der Waals surface area (Å²) in [6.07, 6.45) is -4.74. The number of nitrogens with zero attached hydrogens (tertiary/aromatic N) is 5. The van der Waals surface area contributed by atoms with E-state index in [-0.39, 0.29) is 23.2 Å². The van der Waals surface area contributed by atoms with Crippen LogP contribution in [-0.4, -0.2) is 38.7 Å². The van der Waals surface area contributed by atoms with Crippen molar-refractivity contribution in [1.82, 2.24) is 19.7 Å². The molecule has 1 aromatic carbocycles.